The van der Waals surface area contributed by atoms with Crippen LogP contribution in [0.4, 0.5) is 11.4 Å². The maximum Gasteiger partial charge on any atom is 0.110 e. The van der Waals surface area contributed by atoms with E-state index in [9.17, 15) is 4.21 Å². The van der Waals surface area contributed by atoms with Crippen LogP contribution in [0, 0.1) is 0 Å². The van der Waals surface area contributed by atoms with Crippen LogP contribution in [-0.2, 0) is 10.8 Å². The van der Waals surface area contributed by atoms with Crippen LogP contribution < -0.4 is 5.73 Å². The van der Waals surface area contributed by atoms with Gasteiger partial charge in [0.2, 0.25) is 0 Å². The highest BCUT2D eigenvalue weighted by atomic mass is 32.2. The van der Waals surface area contributed by atoms with E-state index in [4.69, 9.17) is 5.73 Å². The van der Waals surface area contributed by atoms with Crippen molar-refractivity contribution in [1.82, 2.24) is 0 Å². The minimum atomic E-state index is -1.08. The molecule has 2 N–H and O–H groups in total. The molecule has 1 heterocycles. The van der Waals surface area contributed by atoms with Gasteiger partial charge in [-0.2, -0.15) is 0 Å². The van der Waals surface area contributed by atoms with Gasteiger partial charge in [0.1, 0.15) is 21.5 Å². The van der Waals surface area contributed by atoms with Crippen LogP contribution in [0.15, 0.2) is 28.1 Å². The molecular weight excluding hydrogens is 208 g/mol. The monoisotopic (exact) mass is 222 g/mol. The molecule has 0 fully saturated rings. The fourth-order valence-corrected chi connectivity index (χ4v) is 2.88. The summed E-state index contributed by atoms with van der Waals surface area (Å²) in [4.78, 5) is 5.13. The minimum Gasteiger partial charge on any atom is -0.397 e. The molecular formula is C11H14N2OS. The number of benzene rings is 1. The Bertz CT molecular complexity index is 440. The summed E-state index contributed by atoms with van der Waals surface area (Å²) in [6.07, 6.45) is 2.91. The molecule has 1 aromatic rings. The fraction of sp³-hybridized carbons (Fsp3) is 0.364. The van der Waals surface area contributed by atoms with E-state index < -0.39 is 10.8 Å². The quantitative estimate of drug-likeness (QED) is 0.799. The SMILES string of the molecule is CCCCC1=Nc2c(N)cccc2S1=O. The second-order valence-corrected chi connectivity index (χ2v) is 5.02. The number of hydrogen-bond acceptors (Lipinski definition) is 3. The summed E-state index contributed by atoms with van der Waals surface area (Å²) in [5.74, 6) is 0. The number of para-hydroxylation sites is 1. The van der Waals surface area contributed by atoms with Gasteiger partial charge in [-0.05, 0) is 25.0 Å². The first-order chi connectivity index (χ1) is 7.24. The van der Waals surface area contributed by atoms with Gasteiger partial charge in [-0.1, -0.05) is 19.4 Å². The van der Waals surface area contributed by atoms with Crippen LogP contribution >= 0.6 is 0 Å². The summed E-state index contributed by atoms with van der Waals surface area (Å²) >= 11 is 0. The Kier molecular flexibility index (Phi) is 2.86. The smallest absolute Gasteiger partial charge is 0.110 e. The van der Waals surface area contributed by atoms with Gasteiger partial charge >= 0.3 is 0 Å². The predicted molar refractivity (Wildman–Crippen MR) is 63.9 cm³/mol. The first-order valence-electron chi connectivity index (χ1n) is 5.12. The highest BCUT2D eigenvalue weighted by Gasteiger charge is 2.23. The van der Waals surface area contributed by atoms with Crippen LogP contribution in [-0.4, -0.2) is 9.25 Å². The van der Waals surface area contributed by atoms with Crippen molar-refractivity contribution < 1.29 is 4.21 Å². The highest BCUT2D eigenvalue weighted by Crippen LogP contribution is 2.36. The molecule has 15 heavy (non-hydrogen) atoms. The zero-order valence-electron chi connectivity index (χ0n) is 8.69. The number of nitrogens with zero attached hydrogens (tertiary/aromatic N) is 1. The standard InChI is InChI=1S/C11H14N2OS/c1-2-3-7-10-13-11-8(12)5-4-6-9(11)15(10)14/h4-6H,2-3,7,12H2,1H3. The summed E-state index contributed by atoms with van der Waals surface area (Å²) in [6.45, 7) is 2.11. The average Bonchev–Trinajstić information content (AvgIpc) is 2.55. The first-order valence-corrected chi connectivity index (χ1v) is 6.27. The number of hydrogen-bond donors (Lipinski definition) is 1. The molecule has 0 amide bonds. The molecule has 0 radical (unpaired) electrons. The summed E-state index contributed by atoms with van der Waals surface area (Å²) in [5, 5.41) is 0.768. The molecule has 1 unspecified atom stereocenters. The molecule has 3 nitrogen and oxygen atoms in total. The lowest BCUT2D eigenvalue weighted by molar-refractivity contribution is 0.690. The Labute approximate surface area is 91.9 Å². The molecule has 1 aliphatic rings. The van der Waals surface area contributed by atoms with Crippen molar-refractivity contribution in [3.8, 4) is 0 Å². The Morgan fingerprint density at radius 1 is 1.47 bits per heavy atom. The third-order valence-corrected chi connectivity index (χ3v) is 3.88. The Balaban J connectivity index is 2.32. The van der Waals surface area contributed by atoms with Gasteiger partial charge in [-0.15, -0.1) is 0 Å². The third kappa shape index (κ3) is 1.81. The van der Waals surface area contributed by atoms with E-state index in [1.165, 1.54) is 0 Å². The molecule has 0 aliphatic carbocycles. The lowest BCUT2D eigenvalue weighted by atomic mass is 10.2. The number of nitrogens with two attached hydrogens (primary N) is 1. The Morgan fingerprint density at radius 3 is 2.93 bits per heavy atom. The lowest BCUT2D eigenvalue weighted by Gasteiger charge is -1.98. The predicted octanol–water partition coefficient (Wildman–Crippen LogP) is 2.61. The number of aliphatic imine (C=N–C) groups is 1. The first kappa shape index (κ1) is 10.4. The van der Waals surface area contributed by atoms with Gasteiger partial charge in [0.15, 0.2) is 0 Å². The summed E-state index contributed by atoms with van der Waals surface area (Å²) in [5.41, 5.74) is 7.11. The zero-order chi connectivity index (χ0) is 10.8. The number of unbranched alkanes of at least 4 members (excludes halogenated alkanes) is 1. The van der Waals surface area contributed by atoms with E-state index in [1.807, 2.05) is 12.1 Å². The summed E-state index contributed by atoms with van der Waals surface area (Å²) in [6, 6.07) is 5.46. The second-order valence-electron chi connectivity index (χ2n) is 3.57. The number of nitrogen functional groups attached to an aromatic ring is 1. The van der Waals surface area contributed by atoms with Crippen LogP contribution in [0.3, 0.4) is 0 Å². The van der Waals surface area contributed by atoms with Crippen molar-refractivity contribution in [3.63, 3.8) is 0 Å². The molecule has 0 bridgehead atoms. The molecule has 2 rings (SSSR count). The van der Waals surface area contributed by atoms with E-state index in [-0.39, 0.29) is 0 Å². The second kappa shape index (κ2) is 4.14. The number of anilines is 1. The molecule has 0 saturated heterocycles. The van der Waals surface area contributed by atoms with Gasteiger partial charge < -0.3 is 5.73 Å². The maximum absolute atomic E-state index is 12.0. The third-order valence-electron chi connectivity index (χ3n) is 2.42. The Hall–Kier alpha value is -1.16. The van der Waals surface area contributed by atoms with E-state index in [1.54, 1.807) is 6.07 Å². The van der Waals surface area contributed by atoms with Crippen molar-refractivity contribution in [2.45, 2.75) is 31.1 Å². The van der Waals surface area contributed by atoms with Gasteiger partial charge in [0.25, 0.3) is 0 Å². The van der Waals surface area contributed by atoms with E-state index in [2.05, 4.69) is 11.9 Å². The van der Waals surface area contributed by atoms with Gasteiger partial charge in [0, 0.05) is 0 Å². The van der Waals surface area contributed by atoms with Crippen LogP contribution in [0.5, 0.6) is 0 Å². The molecule has 4 heteroatoms. The van der Waals surface area contributed by atoms with Crippen molar-refractivity contribution >= 4 is 27.2 Å². The lowest BCUT2D eigenvalue weighted by Crippen LogP contribution is -2.02. The zero-order valence-corrected chi connectivity index (χ0v) is 9.51. The molecule has 0 spiro atoms. The van der Waals surface area contributed by atoms with E-state index in [0.717, 1.165) is 29.2 Å². The maximum atomic E-state index is 12.0. The number of rotatable bonds is 3. The van der Waals surface area contributed by atoms with E-state index >= 15 is 0 Å². The van der Waals surface area contributed by atoms with Crippen LogP contribution in [0.25, 0.3) is 0 Å². The molecule has 80 valence electrons. The van der Waals surface area contributed by atoms with Crippen molar-refractivity contribution in [2.24, 2.45) is 4.99 Å². The number of fused-ring (bicyclic) bond motifs is 1. The molecule has 1 aromatic carbocycles. The molecule has 0 aromatic heterocycles. The molecule has 1 aliphatic heterocycles. The van der Waals surface area contributed by atoms with Gasteiger partial charge in [-0.3, -0.25) is 0 Å². The van der Waals surface area contributed by atoms with E-state index in [0.29, 0.717) is 11.4 Å². The fourth-order valence-electron chi connectivity index (χ4n) is 1.58. The van der Waals surface area contributed by atoms with Crippen molar-refractivity contribution in [2.75, 3.05) is 5.73 Å². The molecule has 0 saturated carbocycles. The van der Waals surface area contributed by atoms with Crippen LogP contribution in [0.2, 0.25) is 0 Å². The normalized spacial score (nSPS) is 18.7. The van der Waals surface area contributed by atoms with Gasteiger partial charge in [0.05, 0.1) is 10.6 Å². The Morgan fingerprint density at radius 2 is 2.27 bits per heavy atom. The largest absolute Gasteiger partial charge is 0.397 e. The van der Waals surface area contributed by atoms with Crippen molar-refractivity contribution in [1.29, 1.82) is 0 Å². The highest BCUT2D eigenvalue weighted by molar-refractivity contribution is 8.01. The minimum absolute atomic E-state index is 0.618. The summed E-state index contributed by atoms with van der Waals surface area (Å²) < 4.78 is 12.0. The molecule has 1 atom stereocenters. The van der Waals surface area contributed by atoms with Crippen molar-refractivity contribution in [3.05, 3.63) is 18.2 Å². The average molecular weight is 222 g/mol. The van der Waals surface area contributed by atoms with Crippen LogP contribution in [0.1, 0.15) is 26.2 Å². The summed E-state index contributed by atoms with van der Waals surface area (Å²) in [7, 11) is -1.08. The van der Waals surface area contributed by atoms with Gasteiger partial charge in [-0.25, -0.2) is 9.20 Å². The topological polar surface area (TPSA) is 55.4 Å².